The summed E-state index contributed by atoms with van der Waals surface area (Å²) in [5.41, 5.74) is 1.35. The molecule has 7 heteroatoms. The third-order valence-corrected chi connectivity index (χ3v) is 4.28. The second-order valence-electron chi connectivity index (χ2n) is 6.18. The van der Waals surface area contributed by atoms with E-state index in [-0.39, 0.29) is 17.9 Å². The average Bonchev–Trinajstić information content (AvgIpc) is 3.11. The quantitative estimate of drug-likeness (QED) is 0.513. The van der Waals surface area contributed by atoms with Crippen LogP contribution >= 0.6 is 0 Å². The lowest BCUT2D eigenvalue weighted by Gasteiger charge is -2.08. The number of carbonyl (C=O) groups is 1. The lowest BCUT2D eigenvalue weighted by molar-refractivity contribution is 0.113. The van der Waals surface area contributed by atoms with Crippen LogP contribution < -0.4 is 5.63 Å². The van der Waals surface area contributed by atoms with Gasteiger partial charge in [-0.15, -0.1) is 4.74 Å². The van der Waals surface area contributed by atoms with Crippen molar-refractivity contribution < 1.29 is 18.4 Å². The number of hydrogen-bond donors (Lipinski definition) is 0. The molecule has 0 amide bonds. The van der Waals surface area contributed by atoms with Crippen LogP contribution in [0.25, 0.3) is 22.4 Å². The number of benzene rings is 2. The second kappa shape index (κ2) is 7.93. The minimum absolute atomic E-state index is 0.0171. The molecule has 0 fully saturated rings. The van der Waals surface area contributed by atoms with E-state index in [4.69, 9.17) is 9.26 Å². The van der Waals surface area contributed by atoms with Crippen LogP contribution in [0.5, 0.6) is 0 Å². The Hall–Kier alpha value is -4.00. The van der Waals surface area contributed by atoms with Gasteiger partial charge in [-0.1, -0.05) is 42.5 Å². The Morgan fingerprint density at radius 3 is 2.34 bits per heavy atom. The number of hydrogen-bond acceptors (Lipinski definition) is 5. The predicted molar refractivity (Wildman–Crippen MR) is 104 cm³/mol. The molecule has 0 atom stereocenters. The summed E-state index contributed by atoms with van der Waals surface area (Å²) in [4.78, 5) is 29.2. The topological polar surface area (TPSA) is 74.3 Å². The Balaban J connectivity index is 1.77. The zero-order valence-electron chi connectivity index (χ0n) is 15.1. The Morgan fingerprint density at radius 1 is 0.966 bits per heavy atom. The van der Waals surface area contributed by atoms with E-state index < -0.39 is 17.5 Å². The van der Waals surface area contributed by atoms with Gasteiger partial charge in [-0.25, -0.2) is 14.0 Å². The van der Waals surface area contributed by atoms with Crippen molar-refractivity contribution in [2.45, 2.75) is 6.61 Å². The molecule has 0 aliphatic heterocycles. The fourth-order valence-corrected chi connectivity index (χ4v) is 2.92. The largest absolute Gasteiger partial charge is 0.448 e. The molecule has 2 heterocycles. The van der Waals surface area contributed by atoms with Crippen molar-refractivity contribution in [3.8, 4) is 22.4 Å². The molecule has 0 aliphatic carbocycles. The van der Waals surface area contributed by atoms with E-state index in [9.17, 15) is 14.0 Å². The van der Waals surface area contributed by atoms with E-state index in [1.54, 1.807) is 12.1 Å². The van der Waals surface area contributed by atoms with E-state index in [1.807, 2.05) is 30.3 Å². The maximum Gasteiger partial charge on any atom is 0.448 e. The van der Waals surface area contributed by atoms with Gasteiger partial charge in [-0.3, -0.25) is 4.98 Å². The summed E-state index contributed by atoms with van der Waals surface area (Å²) in [7, 11) is 0. The monoisotopic (exact) mass is 390 g/mol. The molecule has 0 saturated carbocycles. The first-order valence-corrected chi connectivity index (χ1v) is 8.77. The van der Waals surface area contributed by atoms with Gasteiger partial charge in [-0.2, -0.15) is 0 Å². The first-order valence-electron chi connectivity index (χ1n) is 8.77. The van der Waals surface area contributed by atoms with Crippen LogP contribution in [0.4, 0.5) is 9.18 Å². The molecule has 0 aliphatic rings. The fourth-order valence-electron chi connectivity index (χ4n) is 2.92. The van der Waals surface area contributed by atoms with Gasteiger partial charge < -0.3 is 9.26 Å². The summed E-state index contributed by atoms with van der Waals surface area (Å²) in [6.07, 6.45) is 2.22. The van der Waals surface area contributed by atoms with Gasteiger partial charge in [0.25, 0.3) is 0 Å². The highest BCUT2D eigenvalue weighted by atomic mass is 19.1. The number of carbonyl (C=O) groups excluding carboxylic acids is 1. The van der Waals surface area contributed by atoms with Gasteiger partial charge in [0, 0.05) is 18.0 Å². The molecule has 4 rings (SSSR count). The summed E-state index contributed by atoms with van der Waals surface area (Å²) < 4.78 is 24.7. The van der Waals surface area contributed by atoms with E-state index in [0.717, 1.165) is 10.3 Å². The molecule has 29 heavy (non-hydrogen) atoms. The summed E-state index contributed by atoms with van der Waals surface area (Å²) in [5.74, 6) is -0.440. The Bertz CT molecular complexity index is 1180. The lowest BCUT2D eigenvalue weighted by Crippen LogP contribution is -2.14. The third kappa shape index (κ3) is 3.84. The van der Waals surface area contributed by atoms with Crippen LogP contribution in [0.1, 0.15) is 5.56 Å². The van der Waals surface area contributed by atoms with Crippen molar-refractivity contribution in [2.75, 3.05) is 0 Å². The van der Waals surface area contributed by atoms with Crippen LogP contribution in [-0.4, -0.2) is 15.8 Å². The van der Waals surface area contributed by atoms with Crippen molar-refractivity contribution in [3.63, 3.8) is 0 Å². The van der Waals surface area contributed by atoms with Gasteiger partial charge in [0.15, 0.2) is 0 Å². The SMILES string of the molecule is O=C(OCc1ccccc1)n1oc(=O)c(-c2ccc(F)cc2)c1-c1ccncc1. The van der Waals surface area contributed by atoms with Gasteiger partial charge in [0.05, 0.1) is 5.56 Å². The number of halogens is 1. The maximum absolute atomic E-state index is 13.3. The first kappa shape index (κ1) is 18.4. The van der Waals surface area contributed by atoms with Gasteiger partial charge in [0.1, 0.15) is 18.1 Å². The molecule has 2 aromatic heterocycles. The molecule has 0 radical (unpaired) electrons. The predicted octanol–water partition coefficient (Wildman–Crippen LogP) is 4.49. The second-order valence-corrected chi connectivity index (χ2v) is 6.18. The zero-order valence-corrected chi connectivity index (χ0v) is 15.1. The van der Waals surface area contributed by atoms with Crippen molar-refractivity contribution in [1.29, 1.82) is 0 Å². The van der Waals surface area contributed by atoms with Crippen LogP contribution in [0, 0.1) is 5.82 Å². The van der Waals surface area contributed by atoms with E-state index >= 15 is 0 Å². The van der Waals surface area contributed by atoms with Gasteiger partial charge >= 0.3 is 11.7 Å². The molecule has 2 aromatic carbocycles. The van der Waals surface area contributed by atoms with Crippen molar-refractivity contribution in [1.82, 2.24) is 9.72 Å². The van der Waals surface area contributed by atoms with Crippen molar-refractivity contribution >= 4 is 6.09 Å². The fraction of sp³-hybridized carbons (Fsp3) is 0.0455. The molecule has 144 valence electrons. The Kier molecular flexibility index (Phi) is 5.03. The van der Waals surface area contributed by atoms with Crippen LogP contribution in [-0.2, 0) is 11.3 Å². The van der Waals surface area contributed by atoms with Gasteiger partial charge in [0.2, 0.25) is 0 Å². The molecule has 0 saturated heterocycles. The van der Waals surface area contributed by atoms with E-state index in [2.05, 4.69) is 4.98 Å². The molecule has 0 spiro atoms. The molecule has 6 nitrogen and oxygen atoms in total. The van der Waals surface area contributed by atoms with Crippen molar-refractivity contribution in [3.05, 3.63) is 101 Å². The number of rotatable bonds is 4. The molecular formula is C22H15FN2O4. The summed E-state index contributed by atoms with van der Waals surface area (Å²) in [6.45, 7) is 0.0171. The van der Waals surface area contributed by atoms with E-state index in [1.165, 1.54) is 36.7 Å². The summed E-state index contributed by atoms with van der Waals surface area (Å²) >= 11 is 0. The Morgan fingerprint density at radius 2 is 1.66 bits per heavy atom. The van der Waals surface area contributed by atoms with Crippen LogP contribution in [0.3, 0.4) is 0 Å². The summed E-state index contributed by atoms with van der Waals surface area (Å²) in [6, 6.07) is 17.8. The minimum Gasteiger partial charge on any atom is -0.442 e. The summed E-state index contributed by atoms with van der Waals surface area (Å²) in [5, 5.41) is 0. The highest BCUT2D eigenvalue weighted by molar-refractivity contribution is 5.86. The molecule has 4 aromatic rings. The van der Waals surface area contributed by atoms with Crippen LogP contribution in [0.2, 0.25) is 0 Å². The molecule has 0 N–H and O–H groups in total. The van der Waals surface area contributed by atoms with Gasteiger partial charge in [-0.05, 0) is 35.4 Å². The Labute approximate surface area is 164 Å². The standard InChI is InChI=1S/C22H15FN2O4/c23-18-8-6-16(7-9-18)19-20(17-10-12-24-13-11-17)25(29-21(19)26)22(27)28-14-15-4-2-1-3-5-15/h1-13H,14H2. The maximum atomic E-state index is 13.3. The number of pyridine rings is 1. The average molecular weight is 390 g/mol. The zero-order chi connectivity index (χ0) is 20.2. The molecule has 0 unspecified atom stereocenters. The number of aromatic nitrogens is 2. The highest BCUT2D eigenvalue weighted by Crippen LogP contribution is 2.30. The highest BCUT2D eigenvalue weighted by Gasteiger charge is 2.25. The first-order chi connectivity index (χ1) is 14.1. The van der Waals surface area contributed by atoms with Crippen LogP contribution in [0.15, 0.2) is 88.4 Å². The third-order valence-electron chi connectivity index (χ3n) is 4.28. The number of ether oxygens (including phenoxy) is 1. The lowest BCUT2D eigenvalue weighted by atomic mass is 10.0. The van der Waals surface area contributed by atoms with E-state index in [0.29, 0.717) is 11.1 Å². The number of nitrogens with zero attached hydrogens (tertiary/aromatic N) is 2. The van der Waals surface area contributed by atoms with Crippen molar-refractivity contribution in [2.24, 2.45) is 0 Å². The smallest absolute Gasteiger partial charge is 0.442 e. The molecular weight excluding hydrogens is 375 g/mol. The minimum atomic E-state index is -0.842. The molecule has 0 bridgehead atoms. The normalized spacial score (nSPS) is 10.7.